The standard InChI is InChI=1S/C15H15BrO3/c1-7-4-13(17)19-14-8(2)15-11(5-10(7)14)12(6-16)9(3)18-15/h4-5,11,15H,6H2,1-3H3. The van der Waals surface area contributed by atoms with E-state index in [-0.39, 0.29) is 17.6 Å². The van der Waals surface area contributed by atoms with Crippen molar-refractivity contribution in [1.29, 1.82) is 0 Å². The first kappa shape index (κ1) is 12.7. The third kappa shape index (κ3) is 1.81. The van der Waals surface area contributed by atoms with Gasteiger partial charge in [-0.1, -0.05) is 22.0 Å². The molecule has 3 nitrogen and oxygen atoms in total. The van der Waals surface area contributed by atoms with Gasteiger partial charge >= 0.3 is 5.63 Å². The van der Waals surface area contributed by atoms with E-state index < -0.39 is 0 Å². The second-order valence-electron chi connectivity index (χ2n) is 5.12. The largest absolute Gasteiger partial charge is 0.490 e. The number of hydrogen-bond acceptors (Lipinski definition) is 3. The molecule has 0 saturated heterocycles. The highest BCUT2D eigenvalue weighted by Gasteiger charge is 2.36. The molecule has 0 amide bonds. The minimum atomic E-state index is -0.300. The van der Waals surface area contributed by atoms with E-state index in [0.29, 0.717) is 5.42 Å². The zero-order chi connectivity index (χ0) is 13.7. The van der Waals surface area contributed by atoms with E-state index in [1.54, 1.807) is 6.07 Å². The summed E-state index contributed by atoms with van der Waals surface area (Å²) in [6.45, 7) is 5.92. The van der Waals surface area contributed by atoms with Crippen LogP contribution in [-0.4, -0.2) is 11.4 Å². The van der Waals surface area contributed by atoms with Crippen molar-refractivity contribution < 1.29 is 9.15 Å². The lowest BCUT2D eigenvalue weighted by Gasteiger charge is -2.22. The maximum absolute atomic E-state index is 11.5. The Kier molecular flexibility index (Phi) is 2.93. The van der Waals surface area contributed by atoms with E-state index in [1.807, 2.05) is 20.8 Å². The van der Waals surface area contributed by atoms with Gasteiger partial charge in [-0.05, 0) is 31.9 Å². The highest BCUT2D eigenvalue weighted by atomic mass is 79.9. The van der Waals surface area contributed by atoms with Gasteiger partial charge in [-0.2, -0.15) is 0 Å². The molecule has 3 rings (SSSR count). The fourth-order valence-electron chi connectivity index (χ4n) is 2.91. The first-order chi connectivity index (χ1) is 9.02. The van der Waals surface area contributed by atoms with Crippen LogP contribution in [0.15, 0.2) is 26.6 Å². The smallest absolute Gasteiger partial charge is 0.336 e. The number of fused-ring (bicyclic) bond motifs is 2. The molecule has 19 heavy (non-hydrogen) atoms. The van der Waals surface area contributed by atoms with Crippen LogP contribution in [0.3, 0.4) is 0 Å². The minimum absolute atomic E-state index is 0.0370. The van der Waals surface area contributed by atoms with Crippen LogP contribution in [0.4, 0.5) is 0 Å². The Morgan fingerprint density at radius 2 is 2.05 bits per heavy atom. The lowest BCUT2D eigenvalue weighted by atomic mass is 9.87. The lowest BCUT2D eigenvalue weighted by Crippen LogP contribution is -2.41. The Hall–Kier alpha value is -1.29. The Labute approximate surface area is 119 Å². The third-order valence-corrected chi connectivity index (χ3v) is 4.57. The first-order valence-corrected chi connectivity index (χ1v) is 7.40. The molecule has 0 fully saturated rings. The van der Waals surface area contributed by atoms with Crippen molar-refractivity contribution in [2.24, 2.45) is 5.92 Å². The first-order valence-electron chi connectivity index (χ1n) is 6.28. The molecule has 100 valence electrons. The fourth-order valence-corrected chi connectivity index (χ4v) is 3.68. The van der Waals surface area contributed by atoms with Crippen LogP contribution in [-0.2, 0) is 4.74 Å². The molecule has 0 bridgehead atoms. The fraction of sp³-hybridized carbons (Fsp3) is 0.400. The molecule has 4 heteroatoms. The van der Waals surface area contributed by atoms with Gasteiger partial charge in [0.2, 0.25) is 0 Å². The molecule has 1 aliphatic carbocycles. The summed E-state index contributed by atoms with van der Waals surface area (Å²) >= 11 is 3.53. The number of rotatable bonds is 1. The predicted molar refractivity (Wildman–Crippen MR) is 77.4 cm³/mol. The second kappa shape index (κ2) is 4.37. The average Bonchev–Trinajstić information content (AvgIpc) is 2.67. The maximum Gasteiger partial charge on any atom is 0.336 e. The SMILES string of the molecule is CC1=C(CBr)C2C=c3c(C)cc(=O)oc3=C(C)C2O1. The number of ether oxygens (including phenoxy) is 1. The number of hydrogen-bond donors (Lipinski definition) is 0. The maximum atomic E-state index is 11.5. The Morgan fingerprint density at radius 1 is 1.32 bits per heavy atom. The van der Waals surface area contributed by atoms with Gasteiger partial charge in [-0.15, -0.1) is 0 Å². The molecule has 1 aromatic heterocycles. The Bertz CT molecular complexity index is 755. The molecule has 2 heterocycles. The van der Waals surface area contributed by atoms with Crippen LogP contribution in [0, 0.1) is 12.8 Å². The van der Waals surface area contributed by atoms with Crippen LogP contribution >= 0.6 is 15.9 Å². The van der Waals surface area contributed by atoms with Crippen molar-refractivity contribution in [3.8, 4) is 0 Å². The van der Waals surface area contributed by atoms with Gasteiger partial charge in [0.25, 0.3) is 0 Å². The van der Waals surface area contributed by atoms with Crippen LogP contribution in [0.25, 0.3) is 11.6 Å². The molecule has 2 unspecified atom stereocenters. The molecule has 1 aliphatic heterocycles. The molecular weight excluding hydrogens is 308 g/mol. The van der Waals surface area contributed by atoms with Gasteiger partial charge in [0.05, 0.1) is 5.76 Å². The van der Waals surface area contributed by atoms with Crippen molar-refractivity contribution in [2.75, 3.05) is 5.33 Å². The summed E-state index contributed by atoms with van der Waals surface area (Å²) < 4.78 is 11.3. The number of allylic oxidation sites excluding steroid dienone is 1. The van der Waals surface area contributed by atoms with Crippen molar-refractivity contribution in [1.82, 2.24) is 0 Å². The summed E-state index contributed by atoms with van der Waals surface area (Å²) in [5.41, 5.74) is 3.60. The molecule has 2 atom stereocenters. The van der Waals surface area contributed by atoms with Crippen molar-refractivity contribution >= 4 is 27.6 Å². The normalized spacial score (nSPS) is 24.7. The van der Waals surface area contributed by atoms with Crippen molar-refractivity contribution in [3.05, 3.63) is 44.0 Å². The molecule has 2 aliphatic rings. The van der Waals surface area contributed by atoms with Gasteiger partial charge in [-0.3, -0.25) is 0 Å². The summed E-state index contributed by atoms with van der Waals surface area (Å²) in [5, 5.41) is 1.82. The Morgan fingerprint density at radius 3 is 2.74 bits per heavy atom. The molecule has 0 saturated carbocycles. The zero-order valence-electron chi connectivity index (χ0n) is 11.1. The third-order valence-electron chi connectivity index (χ3n) is 3.97. The summed E-state index contributed by atoms with van der Waals surface area (Å²) in [7, 11) is 0. The van der Waals surface area contributed by atoms with Gasteiger partial charge in [0.15, 0.2) is 0 Å². The van der Waals surface area contributed by atoms with Gasteiger partial charge in [0, 0.05) is 28.1 Å². The van der Waals surface area contributed by atoms with Crippen LogP contribution < -0.4 is 16.3 Å². The molecule has 0 aromatic carbocycles. The van der Waals surface area contributed by atoms with Gasteiger partial charge < -0.3 is 9.15 Å². The average molecular weight is 323 g/mol. The van der Waals surface area contributed by atoms with E-state index in [0.717, 1.165) is 27.4 Å². The monoisotopic (exact) mass is 322 g/mol. The van der Waals surface area contributed by atoms with Crippen molar-refractivity contribution in [3.63, 3.8) is 0 Å². The Balaban J connectivity index is 2.33. The topological polar surface area (TPSA) is 39.4 Å². The van der Waals surface area contributed by atoms with E-state index >= 15 is 0 Å². The minimum Gasteiger partial charge on any atom is -0.490 e. The molecule has 0 spiro atoms. The van der Waals surface area contributed by atoms with E-state index in [4.69, 9.17) is 9.15 Å². The van der Waals surface area contributed by atoms with E-state index in [1.165, 1.54) is 5.57 Å². The summed E-state index contributed by atoms with van der Waals surface area (Å²) in [4.78, 5) is 11.5. The number of halogens is 1. The molecular formula is C15H15BrO3. The van der Waals surface area contributed by atoms with Gasteiger partial charge in [0.1, 0.15) is 11.5 Å². The van der Waals surface area contributed by atoms with Gasteiger partial charge in [-0.25, -0.2) is 4.79 Å². The predicted octanol–water partition coefficient (Wildman–Crippen LogP) is 1.60. The number of aryl methyl sites for hydroxylation is 1. The summed E-state index contributed by atoms with van der Waals surface area (Å²) in [6, 6.07) is 1.54. The lowest BCUT2D eigenvalue weighted by molar-refractivity contribution is 0.173. The van der Waals surface area contributed by atoms with Crippen LogP contribution in [0.1, 0.15) is 19.4 Å². The van der Waals surface area contributed by atoms with Crippen LogP contribution in [0.2, 0.25) is 0 Å². The van der Waals surface area contributed by atoms with Crippen molar-refractivity contribution in [2.45, 2.75) is 26.9 Å². The number of alkyl halides is 1. The zero-order valence-corrected chi connectivity index (χ0v) is 12.7. The quantitative estimate of drug-likeness (QED) is 0.737. The highest BCUT2D eigenvalue weighted by molar-refractivity contribution is 9.09. The molecule has 0 N–H and O–H groups in total. The summed E-state index contributed by atoms with van der Waals surface area (Å²) in [6.07, 6.45) is 2.13. The molecule has 1 aromatic rings. The molecule has 0 radical (unpaired) electrons. The highest BCUT2D eigenvalue weighted by Crippen LogP contribution is 2.37. The summed E-state index contributed by atoms with van der Waals surface area (Å²) in [5.74, 6) is 1.20. The van der Waals surface area contributed by atoms with Crippen LogP contribution in [0.5, 0.6) is 0 Å². The van der Waals surface area contributed by atoms with E-state index in [2.05, 4.69) is 22.0 Å². The van der Waals surface area contributed by atoms with E-state index in [9.17, 15) is 4.79 Å². The second-order valence-corrected chi connectivity index (χ2v) is 5.68.